The lowest BCUT2D eigenvalue weighted by Gasteiger charge is -2.43. The van der Waals surface area contributed by atoms with E-state index in [1.54, 1.807) is 7.05 Å². The summed E-state index contributed by atoms with van der Waals surface area (Å²) in [6.07, 6.45) is 16.5. The maximum absolute atomic E-state index is 13.9. The first-order valence-corrected chi connectivity index (χ1v) is 15.7. The van der Waals surface area contributed by atoms with Gasteiger partial charge < -0.3 is 14.5 Å². The van der Waals surface area contributed by atoms with E-state index in [-0.39, 0.29) is 11.3 Å². The first kappa shape index (κ1) is 33.5. The molecule has 2 N–H and O–H groups in total. The van der Waals surface area contributed by atoms with Gasteiger partial charge in [-0.2, -0.15) is 0 Å². The molecule has 228 valence electrons. The lowest BCUT2D eigenvalue weighted by atomic mass is 9.74. The minimum atomic E-state index is -0.356. The van der Waals surface area contributed by atoms with Crippen molar-refractivity contribution in [3.8, 4) is 0 Å². The van der Waals surface area contributed by atoms with Crippen molar-refractivity contribution in [2.75, 3.05) is 20.3 Å². The molecule has 1 atom stereocenters. The van der Waals surface area contributed by atoms with E-state index in [9.17, 15) is 4.79 Å². The van der Waals surface area contributed by atoms with Crippen molar-refractivity contribution in [1.82, 2.24) is 9.80 Å². The highest BCUT2D eigenvalue weighted by molar-refractivity contribution is 6.29. The fourth-order valence-corrected chi connectivity index (χ4v) is 5.66. The number of halogens is 1. The molecule has 3 rings (SSSR count). The van der Waals surface area contributed by atoms with Crippen LogP contribution in [0, 0.1) is 16.7 Å². The Balaban J connectivity index is 1.90. The molecule has 1 amide bonds. The smallest absolute Gasteiger partial charge is 0.258 e. The van der Waals surface area contributed by atoms with E-state index in [1.807, 2.05) is 24.0 Å². The van der Waals surface area contributed by atoms with E-state index in [1.165, 1.54) is 29.7 Å². The number of carbonyl (C=O) groups is 1. The van der Waals surface area contributed by atoms with Crippen molar-refractivity contribution in [3.05, 3.63) is 81.1 Å². The number of hydrogen-bond acceptors (Lipinski definition) is 4. The van der Waals surface area contributed by atoms with Gasteiger partial charge in [0.25, 0.3) is 5.91 Å². The summed E-state index contributed by atoms with van der Waals surface area (Å²) in [5.41, 5.74) is 5.64. The van der Waals surface area contributed by atoms with Crippen LogP contribution in [0.1, 0.15) is 101 Å². The van der Waals surface area contributed by atoms with Crippen LogP contribution in [-0.4, -0.2) is 48.1 Å². The molecule has 2 heterocycles. The molecule has 0 aromatic heterocycles. The molecular formula is C35H49ClN4O2. The third-order valence-corrected chi connectivity index (χ3v) is 8.64. The second kappa shape index (κ2) is 15.5. The Kier molecular flexibility index (Phi) is 12.4. The van der Waals surface area contributed by atoms with Crippen molar-refractivity contribution in [2.24, 2.45) is 5.92 Å². The van der Waals surface area contributed by atoms with Gasteiger partial charge in [-0.25, -0.2) is 0 Å². The average molecular weight is 593 g/mol. The van der Waals surface area contributed by atoms with Gasteiger partial charge in [0.05, 0.1) is 26.1 Å². The summed E-state index contributed by atoms with van der Waals surface area (Å²) in [4.78, 5) is 17.3. The Hall–Kier alpha value is -2.96. The second-order valence-corrected chi connectivity index (χ2v) is 12.5. The number of nitrogens with one attached hydrogen (secondary N) is 2. The van der Waals surface area contributed by atoms with Crippen LogP contribution in [0.15, 0.2) is 64.4 Å². The van der Waals surface area contributed by atoms with Gasteiger partial charge >= 0.3 is 0 Å². The van der Waals surface area contributed by atoms with Crippen LogP contribution in [0.2, 0.25) is 0 Å². The lowest BCUT2D eigenvalue weighted by molar-refractivity contribution is -0.0571. The van der Waals surface area contributed by atoms with Gasteiger partial charge in [0.1, 0.15) is 5.84 Å². The lowest BCUT2D eigenvalue weighted by Crippen LogP contribution is -2.49. The van der Waals surface area contributed by atoms with Gasteiger partial charge in [-0.05, 0) is 73.4 Å². The third-order valence-electron chi connectivity index (χ3n) is 8.53. The van der Waals surface area contributed by atoms with E-state index in [0.29, 0.717) is 42.6 Å². The number of amidine groups is 1. The minimum absolute atomic E-state index is 0.0101. The zero-order valence-corrected chi connectivity index (χ0v) is 27.1. The molecule has 1 unspecified atom stereocenters. The minimum Gasteiger partial charge on any atom is -0.379 e. The van der Waals surface area contributed by atoms with Crippen LogP contribution in [0.5, 0.6) is 0 Å². The SMILES string of the molecule is CC\C=C(/C=C(\C=C(/C)Cl)/C=C(\CC)CCCC(C)CC)N1Cc2ccc(C3(CC(=N)N(C)C=N)COC3)cc2C1=O. The number of hydrogen-bond donors (Lipinski definition) is 2. The van der Waals surface area contributed by atoms with E-state index < -0.39 is 0 Å². The van der Waals surface area contributed by atoms with Gasteiger partial charge in [-0.1, -0.05) is 82.0 Å². The molecule has 0 saturated carbocycles. The number of amides is 1. The van der Waals surface area contributed by atoms with E-state index in [2.05, 4.69) is 58.1 Å². The molecule has 2 aliphatic rings. The van der Waals surface area contributed by atoms with Gasteiger partial charge in [-0.15, -0.1) is 0 Å². The molecule has 1 aromatic rings. The van der Waals surface area contributed by atoms with Crippen molar-refractivity contribution >= 4 is 29.7 Å². The highest BCUT2D eigenvalue weighted by Crippen LogP contribution is 2.39. The van der Waals surface area contributed by atoms with Crippen LogP contribution >= 0.6 is 11.6 Å². The molecule has 1 fully saturated rings. The number of nitrogens with zero attached hydrogens (tertiary/aromatic N) is 2. The quantitative estimate of drug-likeness (QED) is 0.121. The zero-order chi connectivity index (χ0) is 30.9. The number of ether oxygens (including phenoxy) is 1. The Morgan fingerprint density at radius 3 is 2.52 bits per heavy atom. The summed E-state index contributed by atoms with van der Waals surface area (Å²) in [6.45, 7) is 12.3. The number of carbonyl (C=O) groups excluding carboxylic acids is 1. The number of rotatable bonds is 15. The van der Waals surface area contributed by atoms with Gasteiger partial charge in [-0.3, -0.25) is 15.6 Å². The molecule has 42 heavy (non-hydrogen) atoms. The Morgan fingerprint density at radius 1 is 1.21 bits per heavy atom. The summed E-state index contributed by atoms with van der Waals surface area (Å²) in [5, 5.41) is 16.6. The van der Waals surface area contributed by atoms with Gasteiger partial charge in [0, 0.05) is 35.2 Å². The maximum Gasteiger partial charge on any atom is 0.258 e. The van der Waals surface area contributed by atoms with Gasteiger partial charge in [0.15, 0.2) is 0 Å². The van der Waals surface area contributed by atoms with Crippen LogP contribution in [0.3, 0.4) is 0 Å². The number of allylic oxidation sites excluding steroid dienone is 7. The fraction of sp³-hybridized carbons (Fsp3) is 0.514. The Labute approximate surface area is 258 Å². The Bertz CT molecular complexity index is 1270. The molecule has 2 aliphatic heterocycles. The molecule has 0 bridgehead atoms. The van der Waals surface area contributed by atoms with Crippen LogP contribution in [0.25, 0.3) is 0 Å². The summed E-state index contributed by atoms with van der Waals surface area (Å²) in [6, 6.07) is 6.13. The predicted octanol–water partition coefficient (Wildman–Crippen LogP) is 8.73. The molecule has 0 aliphatic carbocycles. The van der Waals surface area contributed by atoms with Crippen LogP contribution < -0.4 is 0 Å². The van der Waals surface area contributed by atoms with Crippen LogP contribution in [-0.2, 0) is 16.7 Å². The molecular weight excluding hydrogens is 544 g/mol. The molecule has 6 nitrogen and oxygen atoms in total. The summed E-state index contributed by atoms with van der Waals surface area (Å²) >= 11 is 6.38. The van der Waals surface area contributed by atoms with E-state index in [0.717, 1.165) is 53.9 Å². The first-order chi connectivity index (χ1) is 20.1. The standard InChI is InChI=1S/C35H49ClN4O2/c1-7-11-31(18-28(16-26(5)36)17-27(9-3)13-10-12-25(4)8-2)40-21-29-14-15-30(19-32(29)34(40)41)35(22-42-23-35)20-33(38)39(6)24-37/h11,14-19,24-25,37-38H,7-10,12-13,20-23H2,1-6H3/b26-16+,27-17+,28-18+,31-11+,37-24?,38-33?. The van der Waals surface area contributed by atoms with Crippen molar-refractivity contribution in [1.29, 1.82) is 10.8 Å². The van der Waals surface area contributed by atoms with Gasteiger partial charge in [0.2, 0.25) is 0 Å². The predicted molar refractivity (Wildman–Crippen MR) is 175 cm³/mol. The monoisotopic (exact) mass is 592 g/mol. The summed E-state index contributed by atoms with van der Waals surface area (Å²) in [5.74, 6) is 1.09. The average Bonchev–Trinajstić information content (AvgIpc) is 3.28. The van der Waals surface area contributed by atoms with Crippen molar-refractivity contribution in [2.45, 2.75) is 91.5 Å². The normalized spacial score (nSPS) is 18.1. The summed E-state index contributed by atoms with van der Waals surface area (Å²) in [7, 11) is 1.71. The highest BCUT2D eigenvalue weighted by atomic mass is 35.5. The number of fused-ring (bicyclic) bond motifs is 1. The number of benzene rings is 1. The second-order valence-electron chi connectivity index (χ2n) is 11.9. The molecule has 0 spiro atoms. The molecule has 7 heteroatoms. The van der Waals surface area contributed by atoms with Crippen molar-refractivity contribution < 1.29 is 9.53 Å². The summed E-state index contributed by atoms with van der Waals surface area (Å²) < 4.78 is 5.60. The molecule has 0 radical (unpaired) electrons. The highest BCUT2D eigenvalue weighted by Gasteiger charge is 2.43. The van der Waals surface area contributed by atoms with E-state index >= 15 is 0 Å². The fourth-order valence-electron chi connectivity index (χ4n) is 5.53. The van der Waals surface area contributed by atoms with Crippen LogP contribution in [0.4, 0.5) is 0 Å². The third kappa shape index (κ3) is 8.32. The Morgan fingerprint density at radius 2 is 1.95 bits per heavy atom. The zero-order valence-electron chi connectivity index (χ0n) is 26.4. The largest absolute Gasteiger partial charge is 0.379 e. The molecule has 1 saturated heterocycles. The molecule has 1 aromatic carbocycles. The first-order valence-electron chi connectivity index (χ1n) is 15.4. The van der Waals surface area contributed by atoms with Crippen molar-refractivity contribution in [3.63, 3.8) is 0 Å². The maximum atomic E-state index is 13.9. The van der Waals surface area contributed by atoms with E-state index in [4.69, 9.17) is 27.2 Å². The topological polar surface area (TPSA) is 80.5 Å².